The summed E-state index contributed by atoms with van der Waals surface area (Å²) in [5.74, 6) is 1.16. The van der Waals surface area contributed by atoms with Crippen LogP contribution in [0.2, 0.25) is 0 Å². The molecule has 0 saturated heterocycles. The number of benzene rings is 1. The van der Waals surface area contributed by atoms with E-state index in [0.29, 0.717) is 16.6 Å². The van der Waals surface area contributed by atoms with Crippen molar-refractivity contribution in [3.63, 3.8) is 0 Å². The minimum absolute atomic E-state index is 0.259. The van der Waals surface area contributed by atoms with Gasteiger partial charge < -0.3 is 9.84 Å². The van der Waals surface area contributed by atoms with Gasteiger partial charge in [0.2, 0.25) is 5.88 Å². The van der Waals surface area contributed by atoms with Crippen LogP contribution in [0.3, 0.4) is 0 Å². The molecule has 21 heavy (non-hydrogen) atoms. The second kappa shape index (κ2) is 7.17. The predicted molar refractivity (Wildman–Crippen MR) is 83.7 cm³/mol. The van der Waals surface area contributed by atoms with Crippen molar-refractivity contribution in [2.24, 2.45) is 0 Å². The normalized spacial score (nSPS) is 10.6. The summed E-state index contributed by atoms with van der Waals surface area (Å²) in [6, 6.07) is 8.36. The van der Waals surface area contributed by atoms with Gasteiger partial charge in [-0.3, -0.25) is 9.36 Å². The topological polar surface area (TPSA) is 64.4 Å². The van der Waals surface area contributed by atoms with Gasteiger partial charge in [0, 0.05) is 5.75 Å². The van der Waals surface area contributed by atoms with Crippen molar-refractivity contribution >= 4 is 11.8 Å². The molecule has 0 aliphatic heterocycles. The number of hydrogen-bond acceptors (Lipinski definition) is 5. The van der Waals surface area contributed by atoms with Crippen LogP contribution in [-0.2, 0) is 0 Å². The summed E-state index contributed by atoms with van der Waals surface area (Å²) in [5, 5.41) is 10.0. The summed E-state index contributed by atoms with van der Waals surface area (Å²) >= 11 is 1.45. The number of para-hydroxylation sites is 2. The number of hydrogen-bond donors (Lipinski definition) is 1. The van der Waals surface area contributed by atoms with Gasteiger partial charge in [0.25, 0.3) is 5.56 Å². The fourth-order valence-corrected chi connectivity index (χ4v) is 2.98. The molecule has 0 radical (unpaired) electrons. The molecule has 0 bridgehead atoms. The lowest BCUT2D eigenvalue weighted by atomic mass is 10.3. The number of ether oxygens (including phenoxy) is 1. The molecule has 0 amide bonds. The van der Waals surface area contributed by atoms with Gasteiger partial charge in [-0.25, -0.2) is 0 Å². The Bertz CT molecular complexity index is 670. The Kier molecular flexibility index (Phi) is 5.27. The lowest BCUT2D eigenvalue weighted by molar-refractivity contribution is 0.409. The second-order valence-electron chi connectivity index (χ2n) is 4.44. The first-order valence-electron chi connectivity index (χ1n) is 6.76. The van der Waals surface area contributed by atoms with Gasteiger partial charge in [-0.1, -0.05) is 37.2 Å². The van der Waals surface area contributed by atoms with E-state index in [9.17, 15) is 9.90 Å². The number of unbranched alkanes of at least 4 members (excludes halogenated alkanes) is 1. The molecule has 0 aliphatic rings. The number of rotatable bonds is 6. The van der Waals surface area contributed by atoms with Crippen LogP contribution in [0, 0.1) is 0 Å². The average Bonchev–Trinajstić information content (AvgIpc) is 2.47. The third-order valence-electron chi connectivity index (χ3n) is 2.93. The number of thioether (sulfide) groups is 1. The molecule has 0 unspecified atom stereocenters. The fraction of sp³-hybridized carbons (Fsp3) is 0.333. The van der Waals surface area contributed by atoms with Crippen LogP contribution in [-0.4, -0.2) is 27.5 Å². The van der Waals surface area contributed by atoms with Gasteiger partial charge in [-0.05, 0) is 18.6 Å². The molecule has 0 spiro atoms. The van der Waals surface area contributed by atoms with Crippen molar-refractivity contribution in [3.05, 3.63) is 40.7 Å². The zero-order valence-electron chi connectivity index (χ0n) is 12.1. The molecule has 1 heterocycles. The first kappa shape index (κ1) is 15.4. The fourth-order valence-electron chi connectivity index (χ4n) is 1.89. The van der Waals surface area contributed by atoms with Crippen molar-refractivity contribution in [2.75, 3.05) is 12.9 Å². The van der Waals surface area contributed by atoms with Gasteiger partial charge in [0.15, 0.2) is 5.16 Å². The molecule has 1 aromatic heterocycles. The molecule has 1 N–H and O–H groups in total. The Hall–Kier alpha value is -1.95. The maximum atomic E-state index is 12.3. The van der Waals surface area contributed by atoms with Crippen molar-refractivity contribution in [3.8, 4) is 17.3 Å². The highest BCUT2D eigenvalue weighted by atomic mass is 32.2. The molecule has 2 aromatic rings. The summed E-state index contributed by atoms with van der Waals surface area (Å²) in [6.07, 6.45) is 2.08. The number of aromatic hydroxyl groups is 1. The SMILES string of the molecule is CCCCSc1nc(O)cc(=O)n1-c1ccccc1OC. The molecule has 112 valence electrons. The number of aromatic nitrogens is 2. The summed E-state index contributed by atoms with van der Waals surface area (Å²) in [7, 11) is 1.56. The Morgan fingerprint density at radius 2 is 2.14 bits per heavy atom. The van der Waals surface area contributed by atoms with Crippen LogP contribution in [0.1, 0.15) is 19.8 Å². The summed E-state index contributed by atoms with van der Waals surface area (Å²) < 4.78 is 6.78. The number of nitrogens with zero attached hydrogens (tertiary/aromatic N) is 2. The van der Waals surface area contributed by atoms with Crippen molar-refractivity contribution in [2.45, 2.75) is 24.9 Å². The first-order valence-corrected chi connectivity index (χ1v) is 7.75. The van der Waals surface area contributed by atoms with E-state index in [-0.39, 0.29) is 11.4 Å². The van der Waals surface area contributed by atoms with E-state index >= 15 is 0 Å². The zero-order valence-corrected chi connectivity index (χ0v) is 12.9. The highest BCUT2D eigenvalue weighted by Gasteiger charge is 2.14. The molecule has 0 saturated carbocycles. The molecule has 6 heteroatoms. The van der Waals surface area contributed by atoms with Crippen molar-refractivity contribution in [1.29, 1.82) is 0 Å². The minimum Gasteiger partial charge on any atom is -0.495 e. The summed E-state index contributed by atoms with van der Waals surface area (Å²) in [6.45, 7) is 2.10. The maximum Gasteiger partial charge on any atom is 0.262 e. The third kappa shape index (κ3) is 3.58. The number of methoxy groups -OCH3 is 1. The Labute approximate surface area is 127 Å². The van der Waals surface area contributed by atoms with E-state index in [2.05, 4.69) is 11.9 Å². The van der Waals surface area contributed by atoms with Crippen LogP contribution in [0.25, 0.3) is 5.69 Å². The van der Waals surface area contributed by atoms with Crippen molar-refractivity contribution in [1.82, 2.24) is 9.55 Å². The molecule has 0 fully saturated rings. The Morgan fingerprint density at radius 1 is 1.38 bits per heavy atom. The van der Waals surface area contributed by atoms with E-state index in [0.717, 1.165) is 24.7 Å². The Morgan fingerprint density at radius 3 is 2.86 bits per heavy atom. The van der Waals surface area contributed by atoms with Gasteiger partial charge in [0.05, 0.1) is 18.9 Å². The predicted octanol–water partition coefficient (Wildman–Crippen LogP) is 2.84. The van der Waals surface area contributed by atoms with Crippen LogP contribution >= 0.6 is 11.8 Å². The smallest absolute Gasteiger partial charge is 0.262 e. The molecule has 1 aromatic carbocycles. The zero-order chi connectivity index (χ0) is 15.2. The van der Waals surface area contributed by atoms with E-state index in [1.165, 1.54) is 16.3 Å². The summed E-state index contributed by atoms with van der Waals surface area (Å²) in [5.41, 5.74) is 0.294. The lowest BCUT2D eigenvalue weighted by Crippen LogP contribution is -2.20. The van der Waals surface area contributed by atoms with Gasteiger partial charge >= 0.3 is 0 Å². The minimum atomic E-state index is -0.328. The quantitative estimate of drug-likeness (QED) is 0.505. The Balaban J connectivity index is 2.53. The largest absolute Gasteiger partial charge is 0.495 e. The molecule has 0 atom stereocenters. The first-order chi connectivity index (χ1) is 10.2. The van der Waals surface area contributed by atoms with Gasteiger partial charge in [0.1, 0.15) is 5.75 Å². The van der Waals surface area contributed by atoms with Gasteiger partial charge in [-0.15, -0.1) is 0 Å². The molecule has 0 aliphatic carbocycles. The molecular weight excluding hydrogens is 288 g/mol. The second-order valence-corrected chi connectivity index (χ2v) is 5.51. The van der Waals surface area contributed by atoms with Crippen LogP contribution in [0.4, 0.5) is 0 Å². The van der Waals surface area contributed by atoms with E-state index < -0.39 is 0 Å². The highest BCUT2D eigenvalue weighted by molar-refractivity contribution is 7.99. The van der Waals surface area contributed by atoms with Crippen molar-refractivity contribution < 1.29 is 9.84 Å². The third-order valence-corrected chi connectivity index (χ3v) is 3.95. The van der Waals surface area contributed by atoms with Gasteiger partial charge in [-0.2, -0.15) is 4.98 Å². The van der Waals surface area contributed by atoms with Crippen LogP contribution in [0.5, 0.6) is 11.6 Å². The highest BCUT2D eigenvalue weighted by Crippen LogP contribution is 2.26. The van der Waals surface area contributed by atoms with E-state index in [4.69, 9.17) is 4.74 Å². The maximum absolute atomic E-state index is 12.3. The average molecular weight is 306 g/mol. The van der Waals surface area contributed by atoms with Crippen LogP contribution in [0.15, 0.2) is 40.3 Å². The molecule has 5 nitrogen and oxygen atoms in total. The standard InChI is InChI=1S/C15H18N2O3S/c1-3-4-9-21-15-16-13(18)10-14(19)17(15)11-7-5-6-8-12(11)20-2/h5-8,10,18H,3-4,9H2,1-2H3. The molecule has 2 rings (SSSR count). The monoisotopic (exact) mass is 306 g/mol. The van der Waals surface area contributed by atoms with Crippen LogP contribution < -0.4 is 10.3 Å². The summed E-state index contributed by atoms with van der Waals surface area (Å²) in [4.78, 5) is 16.3. The van der Waals surface area contributed by atoms with E-state index in [1.807, 2.05) is 12.1 Å². The van der Waals surface area contributed by atoms with E-state index in [1.54, 1.807) is 19.2 Å². The lowest BCUT2D eigenvalue weighted by Gasteiger charge is -2.14. The molecular formula is C15H18N2O3S.